The van der Waals surface area contributed by atoms with Crippen LogP contribution in [0.25, 0.3) is 88.4 Å². The van der Waals surface area contributed by atoms with Crippen LogP contribution in [0.4, 0.5) is 0 Å². The molecule has 56 heavy (non-hydrogen) atoms. The molecule has 3 aromatic heterocycles. The minimum atomic E-state index is 0.600. The summed E-state index contributed by atoms with van der Waals surface area (Å²) in [6.45, 7) is 8.65. The predicted molar refractivity (Wildman–Crippen MR) is 233 cm³/mol. The van der Waals surface area contributed by atoms with E-state index in [9.17, 15) is 5.26 Å². The second kappa shape index (κ2) is 13.0. The molecule has 4 nitrogen and oxygen atoms in total. The number of hydrogen-bond donors (Lipinski definition) is 0. The zero-order valence-corrected chi connectivity index (χ0v) is 31.8. The molecule has 0 saturated carbocycles. The molecule has 0 radical (unpaired) electrons. The lowest BCUT2D eigenvalue weighted by Gasteiger charge is -2.18. The molecule has 0 aliphatic heterocycles. The van der Waals surface area contributed by atoms with Crippen LogP contribution in [-0.4, -0.2) is 14.1 Å². The smallest absolute Gasteiger partial charge is 0.0992 e. The summed E-state index contributed by atoms with van der Waals surface area (Å²) in [5.41, 5.74) is 18.8. The molecule has 7 aromatic carbocycles. The molecule has 0 fully saturated rings. The molecule has 10 rings (SSSR count). The highest BCUT2D eigenvalue weighted by atomic mass is 15.0. The zero-order chi connectivity index (χ0) is 38.1. The fraction of sp³-hybridized carbons (Fsp3) is 0.0769. The quantitative estimate of drug-likeness (QED) is 0.178. The maximum absolute atomic E-state index is 10.3. The summed E-state index contributed by atoms with van der Waals surface area (Å²) < 4.78 is 4.70. The number of fused-ring (bicyclic) bond motifs is 6. The van der Waals surface area contributed by atoms with Gasteiger partial charge in [0, 0.05) is 45.1 Å². The summed E-state index contributed by atoms with van der Waals surface area (Å²) in [6, 6.07) is 54.8. The average Bonchev–Trinajstić information content (AvgIpc) is 3.73. The van der Waals surface area contributed by atoms with Crippen molar-refractivity contribution in [1.29, 1.82) is 5.26 Å². The molecule has 0 atom stereocenters. The number of aromatic nitrogens is 3. The van der Waals surface area contributed by atoms with Gasteiger partial charge in [0.05, 0.1) is 45.1 Å². The van der Waals surface area contributed by atoms with Crippen molar-refractivity contribution in [2.75, 3.05) is 0 Å². The van der Waals surface area contributed by atoms with Crippen molar-refractivity contribution >= 4 is 43.6 Å². The van der Waals surface area contributed by atoms with Gasteiger partial charge in [-0.3, -0.25) is 4.98 Å². The Morgan fingerprint density at radius 3 is 1.52 bits per heavy atom. The minimum absolute atomic E-state index is 0.600. The number of para-hydroxylation sites is 2. The Hall–Kier alpha value is -7.22. The van der Waals surface area contributed by atoms with Crippen molar-refractivity contribution in [1.82, 2.24) is 14.1 Å². The second-order valence-electron chi connectivity index (χ2n) is 15.0. The van der Waals surface area contributed by atoms with Crippen LogP contribution in [0.1, 0.15) is 27.8 Å². The van der Waals surface area contributed by atoms with Crippen LogP contribution < -0.4 is 0 Å². The van der Waals surface area contributed by atoms with Crippen LogP contribution >= 0.6 is 0 Å². The second-order valence-corrected chi connectivity index (χ2v) is 15.0. The van der Waals surface area contributed by atoms with Gasteiger partial charge in [-0.25, -0.2) is 0 Å². The van der Waals surface area contributed by atoms with Gasteiger partial charge in [-0.1, -0.05) is 102 Å². The van der Waals surface area contributed by atoms with E-state index in [2.05, 4.69) is 176 Å². The van der Waals surface area contributed by atoms with Crippen molar-refractivity contribution < 1.29 is 0 Å². The van der Waals surface area contributed by atoms with E-state index in [1.165, 1.54) is 60.7 Å². The van der Waals surface area contributed by atoms with E-state index in [4.69, 9.17) is 4.98 Å². The summed E-state index contributed by atoms with van der Waals surface area (Å²) in [7, 11) is 0. The Morgan fingerprint density at radius 1 is 0.446 bits per heavy atom. The number of benzene rings is 7. The van der Waals surface area contributed by atoms with E-state index in [1.54, 1.807) is 0 Å². The first-order chi connectivity index (χ1) is 27.4. The molecule has 0 aliphatic rings. The fourth-order valence-corrected chi connectivity index (χ4v) is 8.88. The van der Waals surface area contributed by atoms with E-state index in [0.717, 1.165) is 50.0 Å². The van der Waals surface area contributed by atoms with Gasteiger partial charge in [0.2, 0.25) is 0 Å². The maximum atomic E-state index is 10.3. The Kier molecular flexibility index (Phi) is 7.73. The van der Waals surface area contributed by atoms with Crippen LogP contribution in [0.2, 0.25) is 0 Å². The van der Waals surface area contributed by atoms with E-state index < -0.39 is 0 Å². The SMILES string of the molecule is Cc1ccc(-c2ccc3c(c2)c2ccccc2n3-c2ccncc2-c2ccc(C#N)cc2-n2c3ccccc3c3cc(-c4ccc(C)cc4C)ccc32)c(C)c1. The summed E-state index contributed by atoms with van der Waals surface area (Å²) >= 11 is 0. The van der Waals surface area contributed by atoms with Gasteiger partial charge >= 0.3 is 0 Å². The van der Waals surface area contributed by atoms with E-state index in [-0.39, 0.29) is 0 Å². The van der Waals surface area contributed by atoms with Gasteiger partial charge in [0.1, 0.15) is 0 Å². The van der Waals surface area contributed by atoms with Crippen LogP contribution in [0.15, 0.2) is 158 Å². The molecule has 0 aliphatic carbocycles. The minimum Gasteiger partial charge on any atom is -0.309 e. The first kappa shape index (κ1) is 33.4. The van der Waals surface area contributed by atoms with Gasteiger partial charge in [-0.2, -0.15) is 5.26 Å². The van der Waals surface area contributed by atoms with E-state index in [1.807, 2.05) is 24.5 Å². The predicted octanol–water partition coefficient (Wildman–Crippen LogP) is 13.4. The molecule has 0 N–H and O–H groups in total. The molecule has 10 aromatic rings. The summed E-state index contributed by atoms with van der Waals surface area (Å²) in [6.07, 6.45) is 3.85. The maximum Gasteiger partial charge on any atom is 0.0992 e. The lowest BCUT2D eigenvalue weighted by molar-refractivity contribution is 1.14. The monoisotopic (exact) mass is 718 g/mol. The molecule has 0 bridgehead atoms. The third-order valence-corrected chi connectivity index (χ3v) is 11.4. The molecule has 0 unspecified atom stereocenters. The Bertz CT molecular complexity index is 3260. The number of rotatable bonds is 5. The average molecular weight is 719 g/mol. The fourth-order valence-electron chi connectivity index (χ4n) is 8.88. The molecule has 4 heteroatoms. The van der Waals surface area contributed by atoms with Gasteiger partial charge in [-0.05, 0) is 116 Å². The lowest BCUT2D eigenvalue weighted by atomic mass is 9.97. The molecular formula is C52H38N4. The number of hydrogen-bond acceptors (Lipinski definition) is 2. The van der Waals surface area contributed by atoms with Crippen LogP contribution in [0.3, 0.4) is 0 Å². The Morgan fingerprint density at radius 2 is 0.964 bits per heavy atom. The number of nitrogens with zero attached hydrogens (tertiary/aromatic N) is 4. The van der Waals surface area contributed by atoms with Crippen molar-refractivity contribution in [3.8, 4) is 50.8 Å². The van der Waals surface area contributed by atoms with Gasteiger partial charge in [0.25, 0.3) is 0 Å². The molecule has 0 saturated heterocycles. The number of nitriles is 1. The number of pyridine rings is 1. The lowest BCUT2D eigenvalue weighted by Crippen LogP contribution is -2.02. The summed E-state index contributed by atoms with van der Waals surface area (Å²) in [5.74, 6) is 0. The highest BCUT2D eigenvalue weighted by Crippen LogP contribution is 2.42. The number of aryl methyl sites for hydroxylation is 4. The first-order valence-corrected chi connectivity index (χ1v) is 19.1. The van der Waals surface area contributed by atoms with E-state index >= 15 is 0 Å². The van der Waals surface area contributed by atoms with Crippen molar-refractivity contribution in [2.45, 2.75) is 27.7 Å². The largest absolute Gasteiger partial charge is 0.309 e. The first-order valence-electron chi connectivity index (χ1n) is 19.1. The zero-order valence-electron chi connectivity index (χ0n) is 31.8. The summed E-state index contributed by atoms with van der Waals surface area (Å²) in [4.78, 5) is 4.72. The topological polar surface area (TPSA) is 46.5 Å². The van der Waals surface area contributed by atoms with Crippen molar-refractivity contribution in [3.05, 3.63) is 186 Å². The highest BCUT2D eigenvalue weighted by Gasteiger charge is 2.22. The van der Waals surface area contributed by atoms with Gasteiger partial charge < -0.3 is 9.13 Å². The third kappa shape index (κ3) is 5.24. The molecular weight excluding hydrogens is 681 g/mol. The van der Waals surface area contributed by atoms with Crippen LogP contribution in [-0.2, 0) is 0 Å². The third-order valence-electron chi connectivity index (χ3n) is 11.4. The molecule has 266 valence electrons. The van der Waals surface area contributed by atoms with Crippen molar-refractivity contribution in [3.63, 3.8) is 0 Å². The Balaban J connectivity index is 1.22. The molecule has 0 amide bonds. The normalized spacial score (nSPS) is 11.6. The standard InChI is InChI=1S/C52H38N4/c1-32-13-18-39(34(3)25-32)37-16-21-49-44(28-37)41-9-5-7-11-47(41)55(49)51-23-24-54-31-46(51)43-20-15-36(30-53)27-52(43)56-48-12-8-6-10-42(48)45-29-38(17-22-50(45)56)40-19-14-33(2)26-35(40)4/h5-29,31H,1-4H3. The van der Waals surface area contributed by atoms with Crippen LogP contribution in [0, 0.1) is 39.0 Å². The van der Waals surface area contributed by atoms with Gasteiger partial charge in [0.15, 0.2) is 0 Å². The van der Waals surface area contributed by atoms with Gasteiger partial charge in [-0.15, -0.1) is 0 Å². The van der Waals surface area contributed by atoms with Crippen molar-refractivity contribution in [2.24, 2.45) is 0 Å². The van der Waals surface area contributed by atoms with E-state index in [0.29, 0.717) is 5.56 Å². The molecule has 3 heterocycles. The molecule has 0 spiro atoms. The highest BCUT2D eigenvalue weighted by molar-refractivity contribution is 6.12. The Labute approximate surface area is 326 Å². The van der Waals surface area contributed by atoms with Crippen LogP contribution in [0.5, 0.6) is 0 Å². The summed E-state index contributed by atoms with van der Waals surface area (Å²) in [5, 5.41) is 15.0.